The smallest absolute Gasteiger partial charge is 0.254 e. The van der Waals surface area contributed by atoms with Gasteiger partial charge in [0.2, 0.25) is 11.8 Å². The van der Waals surface area contributed by atoms with E-state index in [9.17, 15) is 28.0 Å². The predicted octanol–water partition coefficient (Wildman–Crippen LogP) is 10.9. The Morgan fingerprint density at radius 1 is 0.439 bits per heavy atom. The van der Waals surface area contributed by atoms with Gasteiger partial charge < -0.3 is 49.2 Å². The van der Waals surface area contributed by atoms with Crippen LogP contribution in [0.25, 0.3) is 22.3 Å². The number of carbonyl (C=O) groups is 4. The number of carbonyl (C=O) groups excluding carboxylic acids is 4. The molecule has 4 aliphatic heterocycles. The zero-order valence-electron chi connectivity index (χ0n) is 56.5. The molecule has 18 nitrogen and oxygen atoms in total. The quantitative estimate of drug-likeness (QED) is 0.0656. The Bertz CT molecular complexity index is 3910. The number of rotatable bonds is 22. The molecule has 2 aromatic heterocycles. The lowest BCUT2D eigenvalue weighted by Crippen LogP contribution is -2.42. The lowest BCUT2D eigenvalue weighted by atomic mass is 10.0. The van der Waals surface area contributed by atoms with Gasteiger partial charge in [-0.3, -0.25) is 29.0 Å². The second-order valence-corrected chi connectivity index (χ2v) is 25.7. The molecule has 20 heteroatoms. The molecule has 6 heterocycles. The van der Waals surface area contributed by atoms with E-state index in [2.05, 4.69) is 78.9 Å². The molecule has 12 rings (SSSR count). The predicted molar refractivity (Wildman–Crippen MR) is 377 cm³/mol. The first-order chi connectivity index (χ1) is 47.6. The van der Waals surface area contributed by atoms with Crippen molar-refractivity contribution < 1.29 is 46.9 Å². The summed E-state index contributed by atoms with van der Waals surface area (Å²) in [4.78, 5) is 74.6. The maximum absolute atomic E-state index is 14.3. The summed E-state index contributed by atoms with van der Waals surface area (Å²) in [6.07, 6.45) is 7.14. The Kier molecular flexibility index (Phi) is 24.2. The van der Waals surface area contributed by atoms with Gasteiger partial charge in [0.15, 0.2) is 0 Å². The fourth-order valence-corrected chi connectivity index (χ4v) is 12.5. The van der Waals surface area contributed by atoms with Crippen LogP contribution in [-0.2, 0) is 35.4 Å². The first kappa shape index (κ1) is 69.7. The number of halogens is 2. The van der Waals surface area contributed by atoms with Gasteiger partial charge in [-0.25, -0.2) is 18.7 Å². The number of nitrogens with one attached hydrogen (secondary N) is 2. The van der Waals surface area contributed by atoms with E-state index in [1.54, 1.807) is 9.80 Å². The fraction of sp³-hybridized carbons (Fsp3) is 0.359. The van der Waals surface area contributed by atoms with Crippen LogP contribution >= 0.6 is 0 Å². The van der Waals surface area contributed by atoms with Crippen LogP contribution in [0.2, 0.25) is 0 Å². The van der Waals surface area contributed by atoms with Gasteiger partial charge in [-0.2, -0.15) is 0 Å². The van der Waals surface area contributed by atoms with Crippen LogP contribution < -0.4 is 29.9 Å². The van der Waals surface area contributed by atoms with Crippen LogP contribution in [0.1, 0.15) is 89.4 Å². The summed E-state index contributed by atoms with van der Waals surface area (Å²) in [5, 5.41) is 5.75. The number of aromatic nitrogens is 2. The summed E-state index contributed by atoms with van der Waals surface area (Å²) < 4.78 is 51.8. The second-order valence-electron chi connectivity index (χ2n) is 25.7. The molecule has 8 aromatic rings. The number of nitrogens with zero attached hydrogens (tertiary/aromatic N) is 8. The third-order valence-electron chi connectivity index (χ3n) is 18.3. The number of hydrogen-bond donors (Lipinski definition) is 2. The minimum absolute atomic E-state index is 0.0439. The Morgan fingerprint density at radius 3 is 1.20 bits per heavy atom. The number of pyridine rings is 2. The van der Waals surface area contributed by atoms with E-state index in [1.165, 1.54) is 35.4 Å². The summed E-state index contributed by atoms with van der Waals surface area (Å²) in [6.45, 7) is 11.4. The highest BCUT2D eigenvalue weighted by Gasteiger charge is 2.30. The van der Waals surface area contributed by atoms with E-state index in [0.717, 1.165) is 123 Å². The van der Waals surface area contributed by atoms with Crippen LogP contribution in [0.5, 0.6) is 11.8 Å². The minimum Gasteiger partial charge on any atom is -0.474 e. The highest BCUT2D eigenvalue weighted by molar-refractivity contribution is 6.08. The van der Waals surface area contributed by atoms with Crippen molar-refractivity contribution in [1.82, 2.24) is 40.2 Å². The second kappa shape index (κ2) is 34.1. The Morgan fingerprint density at radius 2 is 0.806 bits per heavy atom. The average Bonchev–Trinajstić information content (AvgIpc) is 0.822. The highest BCUT2D eigenvalue weighted by atomic mass is 19.1. The van der Waals surface area contributed by atoms with Crippen LogP contribution in [0.3, 0.4) is 0 Å². The number of benzene rings is 6. The Hall–Kier alpha value is -9.60. The van der Waals surface area contributed by atoms with Gasteiger partial charge in [0, 0.05) is 179 Å². The van der Waals surface area contributed by atoms with Gasteiger partial charge in [-0.1, -0.05) is 72.8 Å². The fourth-order valence-electron chi connectivity index (χ4n) is 12.5. The molecule has 0 radical (unpaired) electrons. The maximum Gasteiger partial charge on any atom is 0.254 e. The van der Waals surface area contributed by atoms with E-state index in [-0.39, 0.29) is 46.3 Å². The summed E-state index contributed by atoms with van der Waals surface area (Å²) in [6, 6.07) is 48.7. The number of morpholine rings is 2. The molecule has 4 aliphatic rings. The first-order valence-electron chi connectivity index (χ1n) is 34.0. The largest absolute Gasteiger partial charge is 0.474 e. The molecule has 0 bridgehead atoms. The SMILES string of the molecule is CN(C)c1ccc(CCNC(=O)c2cc(F)ccc2C(=O)N2CCC(Oc3ccc(-c4ccc(CN5CCOCC5)cc4)cn3)CC2)cc1.CN(C)c1ccc(CCNC(=O)c2ccc(F)cc2C(=O)N2CCC(Oc3ccc(-c4ccc(CN5CCOCC5)cc4)cn3)CC2)cc1. The third kappa shape index (κ3) is 19.4. The van der Waals surface area contributed by atoms with Gasteiger partial charge in [-0.15, -0.1) is 0 Å². The molecule has 0 saturated carbocycles. The molecule has 0 aliphatic carbocycles. The van der Waals surface area contributed by atoms with Gasteiger partial charge in [0.25, 0.3) is 23.6 Å². The van der Waals surface area contributed by atoms with Crippen molar-refractivity contribution in [1.29, 1.82) is 0 Å². The van der Waals surface area contributed by atoms with Crippen molar-refractivity contribution in [3.63, 3.8) is 0 Å². The number of amides is 4. The molecule has 512 valence electrons. The zero-order chi connectivity index (χ0) is 68.3. The Labute approximate surface area is 573 Å². The van der Waals surface area contributed by atoms with E-state index < -0.39 is 23.4 Å². The summed E-state index contributed by atoms with van der Waals surface area (Å²) in [7, 11) is 7.93. The summed E-state index contributed by atoms with van der Waals surface area (Å²) >= 11 is 0. The molecule has 4 fully saturated rings. The Balaban J connectivity index is 0.000000198. The molecular weight excluding hydrogens is 1240 g/mol. The van der Waals surface area contributed by atoms with Crippen LogP contribution in [0.4, 0.5) is 20.2 Å². The number of ether oxygens (including phenoxy) is 4. The monoisotopic (exact) mass is 1330 g/mol. The normalized spacial score (nSPS) is 15.5. The number of hydrogen-bond acceptors (Lipinski definition) is 14. The van der Waals surface area contributed by atoms with E-state index in [1.807, 2.05) is 123 Å². The van der Waals surface area contributed by atoms with E-state index >= 15 is 0 Å². The van der Waals surface area contributed by atoms with Gasteiger partial charge in [0.1, 0.15) is 23.8 Å². The molecule has 98 heavy (non-hydrogen) atoms. The van der Waals surface area contributed by atoms with Crippen molar-refractivity contribution in [2.24, 2.45) is 0 Å². The molecule has 0 unspecified atom stereocenters. The number of likely N-dealkylation sites (tertiary alicyclic amines) is 2. The zero-order valence-corrected chi connectivity index (χ0v) is 56.5. The van der Waals surface area contributed by atoms with Crippen molar-refractivity contribution in [2.75, 3.05) is 130 Å². The topological polar surface area (TPSA) is 174 Å². The average molecular weight is 1330 g/mol. The standard InChI is InChI=1S/2C39H44FN5O4/c1-43(2)33-11-5-28(6-12-33)15-18-41-38(46)36-25-32(40)10-13-35(36)39(47)45-19-16-34(17-20-45)49-37-14-9-31(26-42-37)30-7-3-29(4-8-30)27-44-21-23-48-24-22-44;1-43(2)33-11-5-28(6-12-33)15-18-41-38(46)35-13-10-32(40)25-36(35)39(47)45-19-16-34(17-20-45)49-37-14-9-31(26-42-37)30-7-3-29(4-8-30)27-44-21-23-48-24-22-44/h2*3-14,25-26,34H,15-24,27H2,1-2H3,(H,41,46). The molecular formula is C78H88F2N10O8. The molecule has 0 atom stereocenters. The van der Waals surface area contributed by atoms with E-state index in [4.69, 9.17) is 18.9 Å². The van der Waals surface area contributed by atoms with Crippen LogP contribution in [0.15, 0.2) is 170 Å². The maximum atomic E-state index is 14.3. The van der Waals surface area contributed by atoms with Gasteiger partial charge in [-0.05, 0) is 119 Å². The van der Waals surface area contributed by atoms with Crippen molar-refractivity contribution >= 4 is 35.0 Å². The lowest BCUT2D eigenvalue weighted by Gasteiger charge is -2.32. The van der Waals surface area contributed by atoms with Gasteiger partial charge >= 0.3 is 0 Å². The number of anilines is 2. The molecule has 2 N–H and O–H groups in total. The van der Waals surface area contributed by atoms with Crippen molar-refractivity contribution in [3.05, 3.63) is 226 Å². The molecule has 4 saturated heterocycles. The molecule has 4 amide bonds. The van der Waals surface area contributed by atoms with Crippen molar-refractivity contribution in [2.45, 2.75) is 63.8 Å². The molecule has 0 spiro atoms. The van der Waals surface area contributed by atoms with Gasteiger partial charge in [0.05, 0.1) is 48.7 Å². The first-order valence-corrected chi connectivity index (χ1v) is 34.0. The lowest BCUT2D eigenvalue weighted by molar-refractivity contribution is 0.0341. The molecule has 6 aromatic carbocycles. The summed E-state index contributed by atoms with van der Waals surface area (Å²) in [5.74, 6) is -1.56. The summed E-state index contributed by atoms with van der Waals surface area (Å²) in [5.41, 5.74) is 11.6. The number of piperidine rings is 2. The van der Waals surface area contributed by atoms with Crippen molar-refractivity contribution in [3.8, 4) is 34.0 Å². The third-order valence-corrected chi connectivity index (χ3v) is 18.3. The van der Waals surface area contributed by atoms with Crippen LogP contribution in [0, 0.1) is 11.6 Å². The van der Waals surface area contributed by atoms with Crippen LogP contribution in [-0.4, -0.2) is 185 Å². The van der Waals surface area contributed by atoms with E-state index in [0.29, 0.717) is 89.6 Å². The minimum atomic E-state index is -0.563. The highest BCUT2D eigenvalue weighted by Crippen LogP contribution is 2.28.